The van der Waals surface area contributed by atoms with E-state index in [0.29, 0.717) is 0 Å². The van der Waals surface area contributed by atoms with E-state index in [9.17, 15) is 0 Å². The lowest BCUT2D eigenvalue weighted by Crippen LogP contribution is -1.78. The van der Waals surface area contributed by atoms with Crippen LogP contribution in [0.2, 0.25) is 0 Å². The maximum Gasteiger partial charge on any atom is -0.0237 e. The van der Waals surface area contributed by atoms with Crippen molar-refractivity contribution in [1.29, 1.82) is 0 Å². The molecule has 0 aromatic heterocycles. The molecule has 0 heterocycles. The zero-order valence-corrected chi connectivity index (χ0v) is 7.28. The van der Waals surface area contributed by atoms with Crippen molar-refractivity contribution in [2.24, 2.45) is 0 Å². The van der Waals surface area contributed by atoms with Crippen LogP contribution in [0.5, 0.6) is 0 Å². The molecule has 0 radical (unpaired) electrons. The molecule has 0 rings (SSSR count). The Hall–Kier alpha value is -1.08. The van der Waals surface area contributed by atoms with Gasteiger partial charge in [0.15, 0.2) is 0 Å². The van der Waals surface area contributed by atoms with Crippen LogP contribution in [0.4, 0.5) is 0 Å². The van der Waals surface area contributed by atoms with Crippen molar-refractivity contribution in [3.63, 3.8) is 0 Å². The summed E-state index contributed by atoms with van der Waals surface area (Å²) < 4.78 is 0. The van der Waals surface area contributed by atoms with Gasteiger partial charge in [-0.15, -0.1) is 0 Å². The molecule has 0 aromatic rings. The summed E-state index contributed by atoms with van der Waals surface area (Å²) in [5.41, 5.74) is 3.11. The van der Waals surface area contributed by atoms with E-state index in [1.54, 1.807) is 6.08 Å². The van der Waals surface area contributed by atoms with E-state index in [-0.39, 0.29) is 5.48 Å². The maximum absolute atomic E-state index is 3.80. The van der Waals surface area contributed by atoms with E-state index < -0.39 is 0 Å². The van der Waals surface area contributed by atoms with E-state index in [1.807, 2.05) is 19.9 Å². The average Bonchev–Trinajstić information content (AvgIpc) is 1.81. The van der Waals surface area contributed by atoms with E-state index in [0.717, 1.165) is 16.7 Å². The summed E-state index contributed by atoms with van der Waals surface area (Å²) in [4.78, 5) is 0. The van der Waals surface area contributed by atoms with E-state index in [1.165, 1.54) is 0 Å². The Kier molecular flexibility index (Phi) is 6.50. The second kappa shape index (κ2) is 5.69. The first-order valence-corrected chi connectivity index (χ1v) is 3.23. The number of rotatable bonds is 3. The normalized spacial score (nSPS) is 9.82. The van der Waals surface area contributed by atoms with Gasteiger partial charge in [0.1, 0.15) is 0 Å². The Labute approximate surface area is 68.7 Å². The van der Waals surface area contributed by atoms with Gasteiger partial charge in [0.25, 0.3) is 0 Å². The van der Waals surface area contributed by atoms with E-state index in [2.05, 4.69) is 19.7 Å². The topological polar surface area (TPSA) is 31.5 Å². The Morgan fingerprint density at radius 1 is 1.18 bits per heavy atom. The molecule has 0 saturated carbocycles. The summed E-state index contributed by atoms with van der Waals surface area (Å²) >= 11 is 0. The summed E-state index contributed by atoms with van der Waals surface area (Å²) in [6.45, 7) is 15.1. The first-order chi connectivity index (χ1) is 4.57. The lowest BCUT2D eigenvalue weighted by atomic mass is 10.1. The van der Waals surface area contributed by atoms with Crippen molar-refractivity contribution in [1.82, 2.24) is 0 Å². The van der Waals surface area contributed by atoms with Crippen molar-refractivity contribution >= 4 is 0 Å². The molecule has 0 bridgehead atoms. The number of hydrogen-bond donors (Lipinski definition) is 0. The highest BCUT2D eigenvalue weighted by Gasteiger charge is 1.89. The molecular weight excluding hydrogens is 136 g/mol. The predicted molar refractivity (Wildman–Crippen MR) is 51.5 cm³/mol. The molecule has 0 spiro atoms. The maximum atomic E-state index is 3.80. The van der Waals surface area contributed by atoms with Crippen LogP contribution in [0.15, 0.2) is 48.6 Å². The van der Waals surface area contributed by atoms with Crippen molar-refractivity contribution in [3.05, 3.63) is 48.6 Å². The molecule has 62 valence electrons. The Morgan fingerprint density at radius 3 is 1.73 bits per heavy atom. The zero-order valence-electron chi connectivity index (χ0n) is 7.28. The first-order valence-electron chi connectivity index (χ1n) is 3.23. The molecule has 0 atom stereocenters. The van der Waals surface area contributed by atoms with Gasteiger partial charge in [-0.05, 0) is 19.4 Å². The van der Waals surface area contributed by atoms with Gasteiger partial charge in [-0.3, -0.25) is 0 Å². The van der Waals surface area contributed by atoms with Gasteiger partial charge in [0.05, 0.1) is 0 Å². The second-order valence-electron chi connectivity index (χ2n) is 2.43. The van der Waals surface area contributed by atoms with Gasteiger partial charge in [-0.2, -0.15) is 0 Å². The summed E-state index contributed by atoms with van der Waals surface area (Å²) in [7, 11) is 0. The molecule has 0 unspecified atom stereocenters. The van der Waals surface area contributed by atoms with Crippen LogP contribution >= 0.6 is 0 Å². The minimum Gasteiger partial charge on any atom is -0.412 e. The van der Waals surface area contributed by atoms with E-state index >= 15 is 0 Å². The molecule has 1 nitrogen and oxygen atoms in total. The number of allylic oxidation sites excluding steroid dienone is 5. The van der Waals surface area contributed by atoms with Crippen molar-refractivity contribution in [2.75, 3.05) is 0 Å². The van der Waals surface area contributed by atoms with Gasteiger partial charge in [0, 0.05) is 0 Å². The van der Waals surface area contributed by atoms with Crippen LogP contribution < -0.4 is 0 Å². The molecular formula is C10H16O. The summed E-state index contributed by atoms with van der Waals surface area (Å²) in [5, 5.41) is 0. The van der Waals surface area contributed by atoms with Crippen molar-refractivity contribution in [2.45, 2.75) is 13.8 Å². The second-order valence-corrected chi connectivity index (χ2v) is 2.43. The third-order valence-electron chi connectivity index (χ3n) is 1.11. The minimum atomic E-state index is 0. The molecule has 2 N–H and O–H groups in total. The molecule has 0 fully saturated rings. The fourth-order valence-electron chi connectivity index (χ4n) is 0.622. The minimum absolute atomic E-state index is 0. The Bertz CT molecular complexity index is 197. The molecule has 0 aliphatic carbocycles. The van der Waals surface area contributed by atoms with Gasteiger partial charge in [-0.1, -0.05) is 43.0 Å². The largest absolute Gasteiger partial charge is 0.412 e. The average molecular weight is 152 g/mol. The molecule has 0 saturated heterocycles. The van der Waals surface area contributed by atoms with Crippen LogP contribution in [0.3, 0.4) is 0 Å². The Morgan fingerprint density at radius 2 is 1.64 bits per heavy atom. The van der Waals surface area contributed by atoms with E-state index in [4.69, 9.17) is 0 Å². The van der Waals surface area contributed by atoms with Crippen LogP contribution in [0.25, 0.3) is 0 Å². The highest BCUT2D eigenvalue weighted by Crippen LogP contribution is 2.09. The van der Waals surface area contributed by atoms with Gasteiger partial charge < -0.3 is 5.48 Å². The summed E-state index contributed by atoms with van der Waals surface area (Å²) in [6.07, 6.45) is 3.76. The lowest BCUT2D eigenvalue weighted by Gasteiger charge is -1.98. The molecule has 11 heavy (non-hydrogen) atoms. The molecule has 0 aliphatic heterocycles. The molecule has 0 amide bonds. The van der Waals surface area contributed by atoms with Crippen molar-refractivity contribution < 1.29 is 5.48 Å². The zero-order chi connectivity index (χ0) is 8.15. The van der Waals surface area contributed by atoms with Crippen LogP contribution in [-0.2, 0) is 0 Å². The molecule has 0 aromatic carbocycles. The third kappa shape index (κ3) is 5.37. The SMILES string of the molecule is C=C/C(=C\C(=C)C)C(=C)C.O. The lowest BCUT2D eigenvalue weighted by molar-refractivity contribution is 0.824. The highest BCUT2D eigenvalue weighted by molar-refractivity contribution is 5.39. The smallest absolute Gasteiger partial charge is 0.0237 e. The van der Waals surface area contributed by atoms with Crippen molar-refractivity contribution in [3.8, 4) is 0 Å². The fourth-order valence-corrected chi connectivity index (χ4v) is 0.622. The summed E-state index contributed by atoms with van der Waals surface area (Å²) in [5.74, 6) is 0. The van der Waals surface area contributed by atoms with Gasteiger partial charge in [-0.25, -0.2) is 0 Å². The van der Waals surface area contributed by atoms with Gasteiger partial charge in [0.2, 0.25) is 0 Å². The first kappa shape index (κ1) is 12.6. The Balaban J connectivity index is 0. The molecule has 1 heteroatoms. The monoisotopic (exact) mass is 152 g/mol. The van der Waals surface area contributed by atoms with Crippen LogP contribution in [-0.4, -0.2) is 5.48 Å². The fraction of sp³-hybridized carbons (Fsp3) is 0.200. The third-order valence-corrected chi connectivity index (χ3v) is 1.11. The van der Waals surface area contributed by atoms with Crippen LogP contribution in [0.1, 0.15) is 13.8 Å². The molecule has 0 aliphatic rings. The van der Waals surface area contributed by atoms with Crippen LogP contribution in [0, 0.1) is 0 Å². The predicted octanol–water partition coefficient (Wildman–Crippen LogP) is 2.43. The quantitative estimate of drug-likeness (QED) is 0.556. The standard InChI is InChI=1S/C10H14.H2O/c1-6-10(9(4)5)7-8(2)3;/h6-7H,1-2,4H2,3,5H3;1H2/b10-7+;. The van der Waals surface area contributed by atoms with Gasteiger partial charge >= 0.3 is 0 Å². The number of hydrogen-bond acceptors (Lipinski definition) is 0. The highest BCUT2D eigenvalue weighted by atomic mass is 16.0. The summed E-state index contributed by atoms with van der Waals surface area (Å²) in [6, 6.07) is 0.